The standard InChI is InChI=1S/C14H16ClNO2/c1-10(2)17-12-5-3-4-11(8-12)14-9-13(6-7-15)18-16-14/h3-5,8-10H,6-7H2,1-2H3. The highest BCUT2D eigenvalue weighted by atomic mass is 35.5. The summed E-state index contributed by atoms with van der Waals surface area (Å²) in [4.78, 5) is 0. The number of hydrogen-bond donors (Lipinski definition) is 0. The zero-order valence-electron chi connectivity index (χ0n) is 10.5. The van der Waals surface area contributed by atoms with Gasteiger partial charge in [-0.25, -0.2) is 0 Å². The third kappa shape index (κ3) is 3.26. The molecule has 96 valence electrons. The Morgan fingerprint density at radius 3 is 2.89 bits per heavy atom. The molecule has 0 aliphatic heterocycles. The van der Waals surface area contributed by atoms with Crippen LogP contribution in [0, 0.1) is 0 Å². The summed E-state index contributed by atoms with van der Waals surface area (Å²) >= 11 is 5.67. The van der Waals surface area contributed by atoms with E-state index in [1.54, 1.807) is 0 Å². The molecule has 0 bridgehead atoms. The third-order valence-corrected chi connectivity index (χ3v) is 2.59. The zero-order valence-corrected chi connectivity index (χ0v) is 11.3. The summed E-state index contributed by atoms with van der Waals surface area (Å²) in [5.74, 6) is 2.17. The van der Waals surface area contributed by atoms with Crippen LogP contribution < -0.4 is 4.74 Å². The van der Waals surface area contributed by atoms with Crippen molar-refractivity contribution in [1.82, 2.24) is 5.16 Å². The summed E-state index contributed by atoms with van der Waals surface area (Å²) < 4.78 is 10.9. The summed E-state index contributed by atoms with van der Waals surface area (Å²) in [5.41, 5.74) is 1.79. The van der Waals surface area contributed by atoms with Crippen LogP contribution in [-0.2, 0) is 6.42 Å². The van der Waals surface area contributed by atoms with E-state index in [4.69, 9.17) is 20.9 Å². The van der Waals surface area contributed by atoms with Gasteiger partial charge in [-0.05, 0) is 26.0 Å². The van der Waals surface area contributed by atoms with Crippen molar-refractivity contribution in [3.8, 4) is 17.0 Å². The Kier molecular flexibility index (Phi) is 4.26. The molecule has 0 radical (unpaired) electrons. The number of aromatic nitrogens is 1. The number of ether oxygens (including phenoxy) is 1. The van der Waals surface area contributed by atoms with Gasteiger partial charge >= 0.3 is 0 Å². The summed E-state index contributed by atoms with van der Waals surface area (Å²) in [5, 5.41) is 4.04. The van der Waals surface area contributed by atoms with Crippen LogP contribution >= 0.6 is 11.6 Å². The Labute approximate surface area is 112 Å². The molecular formula is C14H16ClNO2. The Morgan fingerprint density at radius 2 is 2.17 bits per heavy atom. The smallest absolute Gasteiger partial charge is 0.138 e. The van der Waals surface area contributed by atoms with E-state index in [2.05, 4.69) is 5.16 Å². The van der Waals surface area contributed by atoms with E-state index in [9.17, 15) is 0 Å². The van der Waals surface area contributed by atoms with Crippen molar-refractivity contribution in [3.05, 3.63) is 36.1 Å². The lowest BCUT2D eigenvalue weighted by molar-refractivity contribution is 0.242. The molecule has 0 N–H and O–H groups in total. The number of hydrogen-bond acceptors (Lipinski definition) is 3. The van der Waals surface area contributed by atoms with Gasteiger partial charge in [0.05, 0.1) is 6.10 Å². The van der Waals surface area contributed by atoms with Gasteiger partial charge in [0.2, 0.25) is 0 Å². The lowest BCUT2D eigenvalue weighted by atomic mass is 10.1. The Balaban J connectivity index is 2.21. The third-order valence-electron chi connectivity index (χ3n) is 2.40. The molecule has 4 heteroatoms. The molecule has 0 atom stereocenters. The number of benzene rings is 1. The average molecular weight is 266 g/mol. The maximum absolute atomic E-state index is 5.67. The second-order valence-corrected chi connectivity index (χ2v) is 4.69. The van der Waals surface area contributed by atoms with Crippen LogP contribution in [0.25, 0.3) is 11.3 Å². The van der Waals surface area contributed by atoms with Gasteiger partial charge < -0.3 is 9.26 Å². The Morgan fingerprint density at radius 1 is 1.33 bits per heavy atom. The van der Waals surface area contributed by atoms with Crippen LogP contribution in [0.1, 0.15) is 19.6 Å². The number of aryl methyl sites for hydroxylation is 1. The molecule has 18 heavy (non-hydrogen) atoms. The molecule has 0 saturated carbocycles. The highest BCUT2D eigenvalue weighted by Crippen LogP contribution is 2.24. The van der Waals surface area contributed by atoms with Crippen LogP contribution in [-0.4, -0.2) is 17.1 Å². The van der Waals surface area contributed by atoms with Gasteiger partial charge in [0.25, 0.3) is 0 Å². The molecule has 0 spiro atoms. The van der Waals surface area contributed by atoms with Crippen molar-refractivity contribution in [2.45, 2.75) is 26.4 Å². The van der Waals surface area contributed by atoms with E-state index >= 15 is 0 Å². The minimum atomic E-state index is 0.157. The normalized spacial score (nSPS) is 10.9. The summed E-state index contributed by atoms with van der Waals surface area (Å²) in [6, 6.07) is 9.74. The lowest BCUT2D eigenvalue weighted by Gasteiger charge is -2.09. The second-order valence-electron chi connectivity index (χ2n) is 4.31. The predicted molar refractivity (Wildman–Crippen MR) is 72.1 cm³/mol. The van der Waals surface area contributed by atoms with Gasteiger partial charge in [-0.15, -0.1) is 11.6 Å². The van der Waals surface area contributed by atoms with E-state index < -0.39 is 0 Å². The molecule has 0 saturated heterocycles. The molecule has 2 aromatic rings. The van der Waals surface area contributed by atoms with Crippen LogP contribution in [0.5, 0.6) is 5.75 Å². The molecule has 1 aromatic carbocycles. The first-order valence-electron chi connectivity index (χ1n) is 5.97. The predicted octanol–water partition coefficient (Wildman–Crippen LogP) is 3.91. The highest BCUT2D eigenvalue weighted by Gasteiger charge is 2.07. The topological polar surface area (TPSA) is 35.3 Å². The van der Waals surface area contributed by atoms with Crippen LogP contribution in [0.3, 0.4) is 0 Å². The van der Waals surface area contributed by atoms with Crippen molar-refractivity contribution < 1.29 is 9.26 Å². The second kappa shape index (κ2) is 5.91. The molecule has 1 heterocycles. The molecule has 0 amide bonds. The molecule has 0 fully saturated rings. The molecule has 0 aliphatic rings. The SMILES string of the molecule is CC(C)Oc1cccc(-c2cc(CCCl)on2)c1. The van der Waals surface area contributed by atoms with E-state index in [0.29, 0.717) is 12.3 Å². The van der Waals surface area contributed by atoms with Crippen molar-refractivity contribution in [1.29, 1.82) is 0 Å². The maximum atomic E-state index is 5.67. The molecule has 0 unspecified atom stereocenters. The van der Waals surface area contributed by atoms with E-state index in [0.717, 1.165) is 22.8 Å². The molecular weight excluding hydrogens is 250 g/mol. The number of alkyl halides is 1. The summed E-state index contributed by atoms with van der Waals surface area (Å²) in [6.45, 7) is 4.00. The van der Waals surface area contributed by atoms with E-state index in [1.165, 1.54) is 0 Å². The fraction of sp³-hybridized carbons (Fsp3) is 0.357. The first-order chi connectivity index (χ1) is 8.69. The van der Waals surface area contributed by atoms with Crippen LogP contribution in [0.2, 0.25) is 0 Å². The number of rotatable bonds is 5. The quantitative estimate of drug-likeness (QED) is 0.769. The van der Waals surface area contributed by atoms with Crippen molar-refractivity contribution in [2.75, 3.05) is 5.88 Å². The van der Waals surface area contributed by atoms with Crippen molar-refractivity contribution in [3.63, 3.8) is 0 Å². The average Bonchev–Trinajstić information content (AvgIpc) is 2.78. The lowest BCUT2D eigenvalue weighted by Crippen LogP contribution is -2.05. The summed E-state index contributed by atoms with van der Waals surface area (Å²) in [7, 11) is 0. The highest BCUT2D eigenvalue weighted by molar-refractivity contribution is 6.17. The minimum absolute atomic E-state index is 0.157. The number of nitrogens with zero attached hydrogens (tertiary/aromatic N) is 1. The summed E-state index contributed by atoms with van der Waals surface area (Å²) in [6.07, 6.45) is 0.848. The van der Waals surface area contributed by atoms with Gasteiger partial charge in [-0.1, -0.05) is 17.3 Å². The maximum Gasteiger partial charge on any atom is 0.138 e. The van der Waals surface area contributed by atoms with Gasteiger partial charge in [-0.3, -0.25) is 0 Å². The largest absolute Gasteiger partial charge is 0.491 e. The fourth-order valence-corrected chi connectivity index (χ4v) is 1.85. The van der Waals surface area contributed by atoms with Crippen LogP contribution in [0.15, 0.2) is 34.9 Å². The van der Waals surface area contributed by atoms with Gasteiger partial charge in [0.15, 0.2) is 0 Å². The first-order valence-corrected chi connectivity index (χ1v) is 6.51. The van der Waals surface area contributed by atoms with Crippen molar-refractivity contribution >= 4 is 11.6 Å². The zero-order chi connectivity index (χ0) is 13.0. The number of halogens is 1. The van der Waals surface area contributed by atoms with Crippen LogP contribution in [0.4, 0.5) is 0 Å². The van der Waals surface area contributed by atoms with Gasteiger partial charge in [0.1, 0.15) is 17.2 Å². The Bertz CT molecular complexity index is 508. The van der Waals surface area contributed by atoms with Crippen molar-refractivity contribution in [2.24, 2.45) is 0 Å². The Hall–Kier alpha value is -1.48. The minimum Gasteiger partial charge on any atom is -0.491 e. The van der Waals surface area contributed by atoms with E-state index in [1.807, 2.05) is 44.2 Å². The molecule has 1 aromatic heterocycles. The van der Waals surface area contributed by atoms with Gasteiger partial charge in [0, 0.05) is 23.9 Å². The monoisotopic (exact) mass is 265 g/mol. The molecule has 2 rings (SSSR count). The fourth-order valence-electron chi connectivity index (χ4n) is 1.66. The van der Waals surface area contributed by atoms with E-state index in [-0.39, 0.29) is 6.10 Å². The van der Waals surface area contributed by atoms with Gasteiger partial charge in [-0.2, -0.15) is 0 Å². The molecule has 3 nitrogen and oxygen atoms in total. The first kappa shape index (κ1) is 13.0. The molecule has 0 aliphatic carbocycles.